The number of hydrogen-bond acceptors (Lipinski definition) is 3. The van der Waals surface area contributed by atoms with Gasteiger partial charge in [0.15, 0.2) is 0 Å². The minimum absolute atomic E-state index is 0.0793. The maximum atomic E-state index is 13.9. The van der Waals surface area contributed by atoms with Gasteiger partial charge in [0.05, 0.1) is 0 Å². The van der Waals surface area contributed by atoms with Crippen molar-refractivity contribution in [2.24, 2.45) is 5.92 Å². The number of nitrogens with zero attached hydrogens (tertiary/aromatic N) is 1. The van der Waals surface area contributed by atoms with Crippen LogP contribution in [0.1, 0.15) is 19.8 Å². The van der Waals surface area contributed by atoms with Gasteiger partial charge in [0, 0.05) is 11.0 Å². The largest absolute Gasteiger partial charge is 0.480 e. The quantitative estimate of drug-likeness (QED) is 0.874. The fraction of sp³-hybridized carbons (Fsp3) is 0.462. The molecule has 5 nitrogen and oxygen atoms in total. The fourth-order valence-corrected chi connectivity index (χ4v) is 4.43. The molecule has 2 atom stereocenters. The Balaban J connectivity index is 2.44. The summed E-state index contributed by atoms with van der Waals surface area (Å²) in [5.41, 5.74) is 0. The van der Waals surface area contributed by atoms with Crippen LogP contribution in [0, 0.1) is 11.7 Å². The molecular weight excluding hydrogens is 365 g/mol. The van der Waals surface area contributed by atoms with Crippen LogP contribution in [0.5, 0.6) is 0 Å². The number of aliphatic carboxylic acids is 1. The van der Waals surface area contributed by atoms with E-state index in [1.165, 1.54) is 6.07 Å². The van der Waals surface area contributed by atoms with Gasteiger partial charge in [0.25, 0.3) is 0 Å². The van der Waals surface area contributed by atoms with Crippen molar-refractivity contribution >= 4 is 31.9 Å². The molecule has 21 heavy (non-hydrogen) atoms. The molecule has 1 heterocycles. The molecule has 1 saturated heterocycles. The second kappa shape index (κ2) is 6.02. The van der Waals surface area contributed by atoms with Gasteiger partial charge in [-0.2, -0.15) is 4.31 Å². The summed E-state index contributed by atoms with van der Waals surface area (Å²) in [4.78, 5) is 10.8. The lowest BCUT2D eigenvalue weighted by Crippen LogP contribution is -2.49. The molecule has 8 heteroatoms. The van der Waals surface area contributed by atoms with E-state index in [1.807, 2.05) is 6.92 Å². The van der Waals surface area contributed by atoms with Crippen molar-refractivity contribution < 1.29 is 22.7 Å². The lowest BCUT2D eigenvalue weighted by Gasteiger charge is -2.34. The van der Waals surface area contributed by atoms with E-state index >= 15 is 0 Å². The molecule has 1 aromatic carbocycles. The van der Waals surface area contributed by atoms with Crippen molar-refractivity contribution in [1.82, 2.24) is 4.31 Å². The molecule has 0 radical (unpaired) electrons. The first-order valence-corrected chi connectivity index (χ1v) is 8.66. The van der Waals surface area contributed by atoms with E-state index in [4.69, 9.17) is 0 Å². The third kappa shape index (κ3) is 3.27. The average molecular weight is 380 g/mol. The van der Waals surface area contributed by atoms with Gasteiger partial charge in [0.2, 0.25) is 10.0 Å². The van der Waals surface area contributed by atoms with Crippen molar-refractivity contribution in [3.05, 3.63) is 28.5 Å². The Bertz CT molecular complexity index is 664. The average Bonchev–Trinajstić information content (AvgIpc) is 2.37. The smallest absolute Gasteiger partial charge is 0.322 e. The molecular formula is C13H15BrFNO4S. The lowest BCUT2D eigenvalue weighted by atomic mass is 9.94. The molecule has 116 valence electrons. The molecule has 2 rings (SSSR count). The Labute approximate surface area is 130 Å². The van der Waals surface area contributed by atoms with Gasteiger partial charge in [-0.3, -0.25) is 4.79 Å². The molecule has 1 aromatic rings. The second-order valence-electron chi connectivity index (χ2n) is 5.17. The molecule has 2 unspecified atom stereocenters. The van der Waals surface area contributed by atoms with E-state index < -0.39 is 32.7 Å². The van der Waals surface area contributed by atoms with Crippen LogP contribution >= 0.6 is 15.9 Å². The molecule has 0 aliphatic carbocycles. The maximum absolute atomic E-state index is 13.9. The van der Waals surface area contributed by atoms with Crippen LogP contribution < -0.4 is 0 Å². The summed E-state index contributed by atoms with van der Waals surface area (Å²) in [7, 11) is -4.17. The third-order valence-electron chi connectivity index (χ3n) is 3.58. The highest BCUT2D eigenvalue weighted by atomic mass is 79.9. The van der Waals surface area contributed by atoms with Gasteiger partial charge in [-0.15, -0.1) is 0 Å². The number of hydrogen-bond donors (Lipinski definition) is 1. The van der Waals surface area contributed by atoms with E-state index in [-0.39, 0.29) is 18.9 Å². The summed E-state index contributed by atoms with van der Waals surface area (Å²) in [5.74, 6) is -1.98. The zero-order chi connectivity index (χ0) is 15.8. The monoisotopic (exact) mass is 379 g/mol. The summed E-state index contributed by atoms with van der Waals surface area (Å²) in [6, 6.07) is 2.46. The van der Waals surface area contributed by atoms with Gasteiger partial charge in [-0.1, -0.05) is 22.9 Å². The topological polar surface area (TPSA) is 74.7 Å². The summed E-state index contributed by atoms with van der Waals surface area (Å²) in [6.45, 7) is 1.95. The van der Waals surface area contributed by atoms with E-state index in [0.717, 1.165) is 16.4 Å². The molecule has 1 N–H and O–H groups in total. The van der Waals surface area contributed by atoms with E-state index in [2.05, 4.69) is 15.9 Å². The molecule has 1 fully saturated rings. The Kier molecular flexibility index (Phi) is 4.69. The highest BCUT2D eigenvalue weighted by molar-refractivity contribution is 9.10. The predicted octanol–water partition coefficient (Wildman–Crippen LogP) is 2.46. The number of carboxylic acid groups (broad SMARTS) is 1. The van der Waals surface area contributed by atoms with Crippen LogP contribution in [0.2, 0.25) is 0 Å². The Hall–Kier alpha value is -0.990. The maximum Gasteiger partial charge on any atom is 0.322 e. The van der Waals surface area contributed by atoms with Gasteiger partial charge in [-0.05, 0) is 37.0 Å². The molecule has 0 saturated carbocycles. The highest BCUT2D eigenvalue weighted by Crippen LogP contribution is 2.30. The van der Waals surface area contributed by atoms with Crippen LogP contribution in [-0.4, -0.2) is 36.4 Å². The van der Waals surface area contributed by atoms with Gasteiger partial charge < -0.3 is 5.11 Å². The van der Waals surface area contributed by atoms with Crippen LogP contribution in [0.4, 0.5) is 4.39 Å². The normalized spacial score (nSPS) is 24.0. The van der Waals surface area contributed by atoms with Crippen molar-refractivity contribution in [2.45, 2.75) is 30.7 Å². The van der Waals surface area contributed by atoms with Crippen molar-refractivity contribution in [3.8, 4) is 0 Å². The zero-order valence-corrected chi connectivity index (χ0v) is 13.7. The number of sulfonamides is 1. The van der Waals surface area contributed by atoms with E-state index in [0.29, 0.717) is 10.9 Å². The Morgan fingerprint density at radius 1 is 1.48 bits per heavy atom. The SMILES string of the molecule is CC1CCN(S(=O)(=O)c2ccc(Br)cc2F)C(C(=O)O)C1. The summed E-state index contributed by atoms with van der Waals surface area (Å²) >= 11 is 3.06. The zero-order valence-electron chi connectivity index (χ0n) is 11.3. The van der Waals surface area contributed by atoms with Crippen LogP contribution in [0.15, 0.2) is 27.6 Å². The molecule has 1 aliphatic heterocycles. The van der Waals surface area contributed by atoms with Crippen LogP contribution in [0.3, 0.4) is 0 Å². The minimum atomic E-state index is -4.17. The summed E-state index contributed by atoms with van der Waals surface area (Å²) in [5, 5.41) is 9.24. The Morgan fingerprint density at radius 3 is 2.71 bits per heavy atom. The lowest BCUT2D eigenvalue weighted by molar-refractivity contribution is -0.143. The third-order valence-corrected chi connectivity index (χ3v) is 6.02. The minimum Gasteiger partial charge on any atom is -0.480 e. The number of rotatable bonds is 3. The first kappa shape index (κ1) is 16.4. The number of benzene rings is 1. The molecule has 0 bridgehead atoms. The van der Waals surface area contributed by atoms with Gasteiger partial charge in [-0.25, -0.2) is 12.8 Å². The molecule has 0 amide bonds. The summed E-state index contributed by atoms with van der Waals surface area (Å²) in [6.07, 6.45) is 0.786. The first-order chi connectivity index (χ1) is 9.73. The number of carboxylic acids is 1. The second-order valence-corrected chi connectivity index (χ2v) is 7.95. The van der Waals surface area contributed by atoms with Crippen LogP contribution in [0.25, 0.3) is 0 Å². The predicted molar refractivity (Wildman–Crippen MR) is 77.8 cm³/mol. The van der Waals surface area contributed by atoms with Gasteiger partial charge >= 0.3 is 5.97 Å². The van der Waals surface area contributed by atoms with Crippen molar-refractivity contribution in [3.63, 3.8) is 0 Å². The molecule has 1 aliphatic rings. The highest BCUT2D eigenvalue weighted by Gasteiger charge is 2.40. The van der Waals surface area contributed by atoms with Crippen LogP contribution in [-0.2, 0) is 14.8 Å². The van der Waals surface area contributed by atoms with Crippen molar-refractivity contribution in [1.29, 1.82) is 0 Å². The number of carbonyl (C=O) groups is 1. The van der Waals surface area contributed by atoms with E-state index in [9.17, 15) is 22.7 Å². The standard InChI is InChI=1S/C13H15BrFNO4S/c1-8-4-5-16(11(6-8)13(17)18)21(19,20)12-3-2-9(14)7-10(12)15/h2-3,7-8,11H,4-6H2,1H3,(H,17,18). The van der Waals surface area contributed by atoms with E-state index in [1.54, 1.807) is 0 Å². The molecule has 0 spiro atoms. The first-order valence-electron chi connectivity index (χ1n) is 6.43. The molecule has 0 aromatic heterocycles. The van der Waals surface area contributed by atoms with Gasteiger partial charge in [0.1, 0.15) is 16.8 Å². The summed E-state index contributed by atoms with van der Waals surface area (Å²) < 4.78 is 40.3. The fourth-order valence-electron chi connectivity index (χ4n) is 2.44. The number of piperidine rings is 1. The van der Waals surface area contributed by atoms with Crippen molar-refractivity contribution in [2.75, 3.05) is 6.54 Å². The Morgan fingerprint density at radius 2 is 2.14 bits per heavy atom. The number of halogens is 2.